The number of rotatable bonds is 5. The van der Waals surface area contributed by atoms with E-state index in [1.807, 2.05) is 80.3 Å². The average Bonchev–Trinajstić information content (AvgIpc) is 2.87. The van der Waals surface area contributed by atoms with Crippen LogP contribution in [0.25, 0.3) is 0 Å². The van der Waals surface area contributed by atoms with Crippen molar-refractivity contribution in [1.82, 2.24) is 4.90 Å². The number of anilines is 4. The molecule has 1 fully saturated rings. The Balaban J connectivity index is 1.30. The summed E-state index contributed by atoms with van der Waals surface area (Å²) >= 11 is 6.11. The Morgan fingerprint density at radius 1 is 0.838 bits per heavy atom. The number of piperazine rings is 1. The predicted molar refractivity (Wildman–Crippen MR) is 151 cm³/mol. The highest BCUT2D eigenvalue weighted by Crippen LogP contribution is 2.27. The van der Waals surface area contributed by atoms with Gasteiger partial charge in [-0.2, -0.15) is 0 Å². The molecule has 8 nitrogen and oxygen atoms in total. The number of nitrogens with zero attached hydrogens (tertiary/aromatic N) is 2. The molecule has 0 aromatic heterocycles. The minimum atomic E-state index is -0.345. The van der Waals surface area contributed by atoms with Crippen LogP contribution in [-0.2, 0) is 0 Å². The highest BCUT2D eigenvalue weighted by Gasteiger charge is 2.22. The number of urea groups is 2. The molecule has 3 aromatic rings. The van der Waals surface area contributed by atoms with Gasteiger partial charge in [-0.1, -0.05) is 17.7 Å². The SMILES string of the molecule is COc1ccc(C)cc1NC(=O)Nc1ccc(N2CCN(C(=O)Nc3c(C)cc(Cl)cc3C)CC2)cc1. The standard InChI is InChI=1S/C28H32ClN5O3/c1-18-5-10-25(37-4)24(15-18)31-27(35)30-22-6-8-23(9-7-22)33-11-13-34(14-12-33)28(36)32-26-19(2)16-21(29)17-20(26)3/h5-10,15-17H,11-14H2,1-4H3,(H,32,36)(H2,30,31,35). The summed E-state index contributed by atoms with van der Waals surface area (Å²) in [6, 6.07) is 16.5. The summed E-state index contributed by atoms with van der Waals surface area (Å²) in [4.78, 5) is 29.4. The predicted octanol–water partition coefficient (Wildman–Crippen LogP) is 6.27. The lowest BCUT2D eigenvalue weighted by Gasteiger charge is -2.36. The van der Waals surface area contributed by atoms with E-state index in [0.717, 1.165) is 28.1 Å². The Kier molecular flexibility index (Phi) is 8.08. The number of methoxy groups -OCH3 is 1. The second-order valence-corrected chi connectivity index (χ2v) is 9.59. The van der Waals surface area contributed by atoms with Gasteiger partial charge >= 0.3 is 12.1 Å². The number of hydrogen-bond acceptors (Lipinski definition) is 4. The van der Waals surface area contributed by atoms with Crippen LogP contribution in [0, 0.1) is 20.8 Å². The molecule has 1 heterocycles. The molecule has 0 atom stereocenters. The Morgan fingerprint density at radius 3 is 2.11 bits per heavy atom. The second-order valence-electron chi connectivity index (χ2n) is 9.15. The maximum atomic E-state index is 12.8. The van der Waals surface area contributed by atoms with E-state index < -0.39 is 0 Å². The number of benzene rings is 3. The molecule has 3 N–H and O–H groups in total. The first-order chi connectivity index (χ1) is 17.7. The normalized spacial score (nSPS) is 13.2. The van der Waals surface area contributed by atoms with Crippen LogP contribution >= 0.6 is 11.6 Å². The lowest BCUT2D eigenvalue weighted by molar-refractivity contribution is 0.208. The summed E-state index contributed by atoms with van der Waals surface area (Å²) in [5.74, 6) is 0.599. The number of nitrogens with one attached hydrogen (secondary N) is 3. The van der Waals surface area contributed by atoms with Gasteiger partial charge in [0, 0.05) is 48.3 Å². The molecule has 9 heteroatoms. The van der Waals surface area contributed by atoms with Gasteiger partial charge in [0.1, 0.15) is 5.75 Å². The van der Waals surface area contributed by atoms with Crippen LogP contribution in [0.2, 0.25) is 5.02 Å². The highest BCUT2D eigenvalue weighted by molar-refractivity contribution is 6.30. The average molecular weight is 522 g/mol. The smallest absolute Gasteiger partial charge is 0.323 e. The Labute approximate surface area is 222 Å². The van der Waals surface area contributed by atoms with Gasteiger partial charge in [0.05, 0.1) is 12.8 Å². The first-order valence-electron chi connectivity index (χ1n) is 12.1. The summed E-state index contributed by atoms with van der Waals surface area (Å²) in [5, 5.41) is 9.39. The number of ether oxygens (including phenoxy) is 1. The third kappa shape index (κ3) is 6.46. The van der Waals surface area contributed by atoms with E-state index in [4.69, 9.17) is 16.3 Å². The molecule has 1 aliphatic rings. The molecule has 1 aliphatic heterocycles. The fourth-order valence-corrected chi connectivity index (χ4v) is 4.75. The molecule has 0 bridgehead atoms. The van der Waals surface area contributed by atoms with Crippen LogP contribution in [0.1, 0.15) is 16.7 Å². The first kappa shape index (κ1) is 26.2. The molecule has 37 heavy (non-hydrogen) atoms. The van der Waals surface area contributed by atoms with Crippen LogP contribution in [-0.4, -0.2) is 50.3 Å². The topological polar surface area (TPSA) is 85.9 Å². The highest BCUT2D eigenvalue weighted by atomic mass is 35.5. The molecule has 0 aliphatic carbocycles. The molecule has 0 saturated carbocycles. The Hall–Kier alpha value is -3.91. The van der Waals surface area contributed by atoms with Gasteiger partial charge in [-0.25, -0.2) is 9.59 Å². The Bertz CT molecular complexity index is 1260. The van der Waals surface area contributed by atoms with E-state index in [1.165, 1.54) is 0 Å². The molecule has 0 unspecified atom stereocenters. The number of amides is 4. The van der Waals surface area contributed by atoms with Crippen LogP contribution in [0.5, 0.6) is 5.75 Å². The van der Waals surface area contributed by atoms with Crippen molar-refractivity contribution in [3.63, 3.8) is 0 Å². The minimum Gasteiger partial charge on any atom is -0.495 e. The van der Waals surface area contributed by atoms with Crippen molar-refractivity contribution in [2.24, 2.45) is 0 Å². The van der Waals surface area contributed by atoms with Gasteiger partial charge in [-0.05, 0) is 86.0 Å². The third-order valence-electron chi connectivity index (χ3n) is 6.39. The summed E-state index contributed by atoms with van der Waals surface area (Å²) in [6.45, 7) is 8.48. The van der Waals surface area contributed by atoms with Crippen LogP contribution in [0.4, 0.5) is 32.3 Å². The van der Waals surface area contributed by atoms with Gasteiger partial charge < -0.3 is 30.5 Å². The van der Waals surface area contributed by atoms with E-state index in [2.05, 4.69) is 20.9 Å². The summed E-state index contributed by atoms with van der Waals surface area (Å²) in [6.07, 6.45) is 0. The van der Waals surface area contributed by atoms with Gasteiger partial charge in [-0.15, -0.1) is 0 Å². The maximum absolute atomic E-state index is 12.8. The van der Waals surface area contributed by atoms with Crippen molar-refractivity contribution >= 4 is 46.4 Å². The minimum absolute atomic E-state index is 0.107. The van der Waals surface area contributed by atoms with Crippen LogP contribution in [0.3, 0.4) is 0 Å². The van der Waals surface area contributed by atoms with E-state index in [1.54, 1.807) is 7.11 Å². The molecule has 3 aromatic carbocycles. The van der Waals surface area contributed by atoms with E-state index >= 15 is 0 Å². The molecular weight excluding hydrogens is 490 g/mol. The van der Waals surface area contributed by atoms with Crippen molar-refractivity contribution in [3.05, 3.63) is 76.3 Å². The van der Waals surface area contributed by atoms with Crippen molar-refractivity contribution in [1.29, 1.82) is 0 Å². The zero-order chi connectivity index (χ0) is 26.5. The van der Waals surface area contributed by atoms with Crippen LogP contribution in [0.15, 0.2) is 54.6 Å². The summed E-state index contributed by atoms with van der Waals surface area (Å²) in [5.41, 5.74) is 6.04. The zero-order valence-electron chi connectivity index (χ0n) is 21.5. The maximum Gasteiger partial charge on any atom is 0.323 e. The fourth-order valence-electron chi connectivity index (χ4n) is 4.42. The van der Waals surface area contributed by atoms with Gasteiger partial charge in [0.25, 0.3) is 0 Å². The van der Waals surface area contributed by atoms with Crippen molar-refractivity contribution in [2.45, 2.75) is 20.8 Å². The van der Waals surface area contributed by atoms with E-state index in [9.17, 15) is 9.59 Å². The number of carbonyl (C=O) groups excluding carboxylic acids is 2. The molecule has 1 saturated heterocycles. The largest absolute Gasteiger partial charge is 0.495 e. The zero-order valence-corrected chi connectivity index (χ0v) is 22.3. The molecular formula is C28H32ClN5O3. The monoisotopic (exact) mass is 521 g/mol. The summed E-state index contributed by atoms with van der Waals surface area (Å²) < 4.78 is 5.32. The molecule has 0 spiro atoms. The Morgan fingerprint density at radius 2 is 1.49 bits per heavy atom. The fraction of sp³-hybridized carbons (Fsp3) is 0.286. The number of carbonyl (C=O) groups is 2. The second kappa shape index (κ2) is 11.4. The van der Waals surface area contributed by atoms with E-state index in [0.29, 0.717) is 48.3 Å². The summed E-state index contributed by atoms with van der Waals surface area (Å²) in [7, 11) is 1.57. The van der Waals surface area contributed by atoms with Crippen molar-refractivity contribution in [2.75, 3.05) is 54.1 Å². The molecule has 194 valence electrons. The number of halogens is 1. The quantitative estimate of drug-likeness (QED) is 0.369. The van der Waals surface area contributed by atoms with Crippen molar-refractivity contribution < 1.29 is 14.3 Å². The molecule has 4 rings (SSSR count). The van der Waals surface area contributed by atoms with Crippen molar-refractivity contribution in [3.8, 4) is 5.75 Å². The van der Waals surface area contributed by atoms with Crippen LogP contribution < -0.4 is 25.6 Å². The third-order valence-corrected chi connectivity index (χ3v) is 6.61. The first-order valence-corrected chi connectivity index (χ1v) is 12.5. The van der Waals surface area contributed by atoms with E-state index in [-0.39, 0.29) is 12.1 Å². The molecule has 4 amide bonds. The number of aryl methyl sites for hydroxylation is 3. The molecule has 0 radical (unpaired) electrons. The lowest BCUT2D eigenvalue weighted by Crippen LogP contribution is -2.50. The van der Waals surface area contributed by atoms with Gasteiger partial charge in [0.2, 0.25) is 0 Å². The lowest BCUT2D eigenvalue weighted by atomic mass is 10.1. The van der Waals surface area contributed by atoms with Gasteiger partial charge in [-0.3, -0.25) is 0 Å². The van der Waals surface area contributed by atoms with Gasteiger partial charge in [0.15, 0.2) is 0 Å². The number of hydrogen-bond donors (Lipinski definition) is 3.